The summed E-state index contributed by atoms with van der Waals surface area (Å²) >= 11 is 0. The number of fused-ring (bicyclic) bond motifs is 1. The Morgan fingerprint density at radius 3 is 2.74 bits per heavy atom. The van der Waals surface area contributed by atoms with Crippen molar-refractivity contribution in [1.82, 2.24) is 5.32 Å². The highest BCUT2D eigenvalue weighted by Crippen LogP contribution is 2.31. The van der Waals surface area contributed by atoms with E-state index in [9.17, 15) is 18.7 Å². The molecule has 0 aliphatic heterocycles. The van der Waals surface area contributed by atoms with E-state index in [2.05, 4.69) is 10.6 Å². The number of carbonyl (C=O) groups excluding carboxylic acids is 1. The van der Waals surface area contributed by atoms with Gasteiger partial charge in [-0.15, -0.1) is 0 Å². The number of alkyl halides is 2. The zero-order chi connectivity index (χ0) is 16.4. The van der Waals surface area contributed by atoms with Crippen molar-refractivity contribution in [2.24, 2.45) is 0 Å². The normalized spacial score (nSPS) is 19.5. The third kappa shape index (κ3) is 3.32. The molecule has 2 amide bonds. The van der Waals surface area contributed by atoms with E-state index in [0.717, 1.165) is 11.1 Å². The number of carbonyl (C=O) groups is 1. The first-order valence-electron chi connectivity index (χ1n) is 7.26. The van der Waals surface area contributed by atoms with Crippen LogP contribution in [-0.4, -0.2) is 17.2 Å². The molecule has 0 radical (unpaired) electrons. The minimum absolute atomic E-state index is 0.158. The third-order valence-electron chi connectivity index (χ3n) is 3.89. The summed E-state index contributed by atoms with van der Waals surface area (Å²) in [6.07, 6.45) is -2.82. The second-order valence-corrected chi connectivity index (χ2v) is 5.47. The third-order valence-corrected chi connectivity index (χ3v) is 3.89. The molecule has 2 aromatic rings. The van der Waals surface area contributed by atoms with E-state index in [1.165, 1.54) is 24.3 Å². The van der Waals surface area contributed by atoms with Gasteiger partial charge in [-0.05, 0) is 23.3 Å². The lowest BCUT2D eigenvalue weighted by Gasteiger charge is -2.18. The maximum absolute atomic E-state index is 12.7. The molecule has 2 atom stereocenters. The molecule has 4 nitrogen and oxygen atoms in total. The van der Waals surface area contributed by atoms with Crippen LogP contribution in [0.15, 0.2) is 48.5 Å². The van der Waals surface area contributed by atoms with E-state index < -0.39 is 24.6 Å². The van der Waals surface area contributed by atoms with E-state index in [0.29, 0.717) is 6.42 Å². The van der Waals surface area contributed by atoms with Gasteiger partial charge in [0.25, 0.3) is 6.43 Å². The van der Waals surface area contributed by atoms with E-state index in [4.69, 9.17) is 0 Å². The van der Waals surface area contributed by atoms with Gasteiger partial charge in [0.15, 0.2) is 0 Å². The van der Waals surface area contributed by atoms with E-state index in [-0.39, 0.29) is 11.3 Å². The first-order valence-corrected chi connectivity index (χ1v) is 7.26. The fourth-order valence-electron chi connectivity index (χ4n) is 2.81. The Morgan fingerprint density at radius 2 is 1.96 bits per heavy atom. The molecule has 0 unspecified atom stereocenters. The highest BCUT2D eigenvalue weighted by Gasteiger charge is 2.31. The number of hydrogen-bond donors (Lipinski definition) is 3. The Kier molecular flexibility index (Phi) is 4.25. The summed E-state index contributed by atoms with van der Waals surface area (Å²) < 4.78 is 25.3. The van der Waals surface area contributed by atoms with Gasteiger partial charge in [-0.25, -0.2) is 13.6 Å². The number of amides is 2. The molecule has 0 saturated heterocycles. The van der Waals surface area contributed by atoms with Crippen LogP contribution in [0.4, 0.5) is 19.3 Å². The van der Waals surface area contributed by atoms with Crippen LogP contribution in [0, 0.1) is 0 Å². The molecule has 6 heteroatoms. The van der Waals surface area contributed by atoms with Gasteiger partial charge in [0, 0.05) is 17.7 Å². The average Bonchev–Trinajstić information content (AvgIpc) is 2.83. The average molecular weight is 318 g/mol. The summed E-state index contributed by atoms with van der Waals surface area (Å²) in [6, 6.07) is 11.9. The number of halogens is 2. The zero-order valence-electron chi connectivity index (χ0n) is 12.2. The van der Waals surface area contributed by atoms with Gasteiger partial charge in [-0.1, -0.05) is 36.4 Å². The van der Waals surface area contributed by atoms with Crippen LogP contribution in [-0.2, 0) is 6.42 Å². The molecule has 0 aromatic heterocycles. The van der Waals surface area contributed by atoms with Gasteiger partial charge in [0.05, 0.1) is 12.1 Å². The number of urea groups is 1. The maximum Gasteiger partial charge on any atom is 0.319 e. The molecule has 23 heavy (non-hydrogen) atoms. The van der Waals surface area contributed by atoms with Gasteiger partial charge in [-0.3, -0.25) is 0 Å². The number of nitrogens with one attached hydrogen (secondary N) is 2. The molecule has 2 aromatic carbocycles. The summed E-state index contributed by atoms with van der Waals surface area (Å²) in [4.78, 5) is 12.1. The Morgan fingerprint density at radius 1 is 1.17 bits per heavy atom. The number of aliphatic hydroxyl groups is 1. The number of anilines is 1. The van der Waals surface area contributed by atoms with Gasteiger partial charge < -0.3 is 15.7 Å². The van der Waals surface area contributed by atoms with Crippen LogP contribution >= 0.6 is 0 Å². The number of aliphatic hydroxyl groups excluding tert-OH is 1. The quantitative estimate of drug-likeness (QED) is 0.812. The molecular formula is C17H16F2N2O2. The van der Waals surface area contributed by atoms with Crippen molar-refractivity contribution >= 4 is 11.7 Å². The van der Waals surface area contributed by atoms with Crippen molar-refractivity contribution in [3.05, 3.63) is 65.2 Å². The Balaban J connectivity index is 1.69. The van der Waals surface area contributed by atoms with Crippen LogP contribution < -0.4 is 10.6 Å². The summed E-state index contributed by atoms with van der Waals surface area (Å²) in [5.74, 6) is 0. The number of rotatable bonds is 3. The first-order chi connectivity index (χ1) is 11.0. The number of hydrogen-bond acceptors (Lipinski definition) is 2. The Labute approximate surface area is 132 Å². The van der Waals surface area contributed by atoms with Crippen molar-refractivity contribution in [1.29, 1.82) is 0 Å². The lowest BCUT2D eigenvalue weighted by Crippen LogP contribution is -2.36. The summed E-state index contributed by atoms with van der Waals surface area (Å²) in [5.41, 5.74) is 1.98. The fraction of sp³-hybridized carbons (Fsp3) is 0.235. The van der Waals surface area contributed by atoms with Gasteiger partial charge >= 0.3 is 6.03 Å². The minimum Gasteiger partial charge on any atom is -0.390 e. The molecule has 0 spiro atoms. The Hall–Kier alpha value is -2.47. The van der Waals surface area contributed by atoms with E-state index in [1.807, 2.05) is 24.3 Å². The lowest BCUT2D eigenvalue weighted by molar-refractivity contribution is 0.144. The van der Waals surface area contributed by atoms with Crippen molar-refractivity contribution in [2.75, 3.05) is 5.32 Å². The molecule has 1 aliphatic rings. The summed E-state index contributed by atoms with van der Waals surface area (Å²) in [6.45, 7) is 0. The van der Waals surface area contributed by atoms with E-state index >= 15 is 0 Å². The number of benzene rings is 2. The minimum atomic E-state index is -2.59. The molecule has 120 valence electrons. The smallest absolute Gasteiger partial charge is 0.319 e. The monoisotopic (exact) mass is 318 g/mol. The van der Waals surface area contributed by atoms with E-state index in [1.54, 1.807) is 0 Å². The lowest BCUT2D eigenvalue weighted by atomic mass is 10.1. The molecule has 0 fully saturated rings. The van der Waals surface area contributed by atoms with Crippen molar-refractivity contribution in [2.45, 2.75) is 25.0 Å². The second kappa shape index (κ2) is 6.34. The summed E-state index contributed by atoms with van der Waals surface area (Å²) in [5, 5.41) is 15.3. The molecule has 0 heterocycles. The topological polar surface area (TPSA) is 61.4 Å². The molecular weight excluding hydrogens is 302 g/mol. The van der Waals surface area contributed by atoms with Crippen LogP contribution in [0.2, 0.25) is 0 Å². The predicted molar refractivity (Wildman–Crippen MR) is 82.4 cm³/mol. The van der Waals surface area contributed by atoms with Gasteiger partial charge in [0.1, 0.15) is 0 Å². The fourth-order valence-corrected chi connectivity index (χ4v) is 2.81. The largest absolute Gasteiger partial charge is 0.390 e. The highest BCUT2D eigenvalue weighted by atomic mass is 19.3. The molecule has 0 bridgehead atoms. The summed E-state index contributed by atoms with van der Waals surface area (Å²) in [7, 11) is 0. The maximum atomic E-state index is 12.7. The van der Waals surface area contributed by atoms with Crippen LogP contribution in [0.1, 0.15) is 29.2 Å². The molecule has 3 N–H and O–H groups in total. The zero-order valence-corrected chi connectivity index (χ0v) is 12.2. The van der Waals surface area contributed by atoms with Crippen molar-refractivity contribution in [3.8, 4) is 0 Å². The molecule has 3 rings (SSSR count). The molecule has 1 aliphatic carbocycles. The van der Waals surface area contributed by atoms with Crippen molar-refractivity contribution in [3.63, 3.8) is 0 Å². The van der Waals surface area contributed by atoms with Crippen LogP contribution in [0.3, 0.4) is 0 Å². The molecule has 0 saturated carbocycles. The first kappa shape index (κ1) is 15.4. The van der Waals surface area contributed by atoms with Crippen LogP contribution in [0.25, 0.3) is 0 Å². The SMILES string of the molecule is O=C(Nc1cccc(C(F)F)c1)N[C@H]1c2ccccc2C[C@H]1O. The van der Waals surface area contributed by atoms with Gasteiger partial charge in [0.2, 0.25) is 0 Å². The Bertz CT molecular complexity index is 721. The second-order valence-electron chi connectivity index (χ2n) is 5.47. The standard InChI is InChI=1S/C17H16F2N2O2/c18-16(19)11-5-3-6-12(8-11)20-17(23)21-15-13-7-2-1-4-10(13)9-14(15)22/h1-8,14-16,22H,9H2,(H2,20,21,23)/t14-,15+/m1/s1. The highest BCUT2D eigenvalue weighted by molar-refractivity contribution is 5.89. The van der Waals surface area contributed by atoms with Gasteiger partial charge in [-0.2, -0.15) is 0 Å². The van der Waals surface area contributed by atoms with Crippen LogP contribution in [0.5, 0.6) is 0 Å². The predicted octanol–water partition coefficient (Wildman–Crippen LogP) is 3.40. The van der Waals surface area contributed by atoms with Crippen molar-refractivity contribution < 1.29 is 18.7 Å².